The van der Waals surface area contributed by atoms with E-state index < -0.39 is 0 Å². The zero-order valence-corrected chi connectivity index (χ0v) is 11.0. The largest absolute Gasteiger partial charge is 0.313 e. The van der Waals surface area contributed by atoms with Crippen LogP contribution in [0, 0.1) is 23.6 Å². The quantitative estimate of drug-likeness (QED) is 0.850. The minimum atomic E-state index is -0.145. The smallest absolute Gasteiger partial charge is 0.123 e. The topological polar surface area (TPSA) is 12.0 Å². The molecular formula is C16H22FN. The van der Waals surface area contributed by atoms with E-state index in [4.69, 9.17) is 0 Å². The molecule has 1 aromatic carbocycles. The van der Waals surface area contributed by atoms with Gasteiger partial charge in [0.2, 0.25) is 0 Å². The van der Waals surface area contributed by atoms with Crippen molar-refractivity contribution in [2.75, 3.05) is 7.05 Å². The van der Waals surface area contributed by atoms with Crippen LogP contribution >= 0.6 is 0 Å². The second kappa shape index (κ2) is 5.00. The van der Waals surface area contributed by atoms with Crippen LogP contribution in [0.15, 0.2) is 24.3 Å². The summed E-state index contributed by atoms with van der Waals surface area (Å²) in [6.45, 7) is 0. The molecule has 4 unspecified atom stereocenters. The van der Waals surface area contributed by atoms with Gasteiger partial charge in [-0.2, -0.15) is 0 Å². The van der Waals surface area contributed by atoms with Gasteiger partial charge in [0, 0.05) is 6.04 Å². The van der Waals surface area contributed by atoms with Crippen molar-refractivity contribution in [1.29, 1.82) is 0 Å². The summed E-state index contributed by atoms with van der Waals surface area (Å²) in [7, 11) is 2.02. The number of benzene rings is 1. The molecule has 2 heteroatoms. The summed E-state index contributed by atoms with van der Waals surface area (Å²) in [5.41, 5.74) is 1.22. The van der Waals surface area contributed by atoms with Gasteiger partial charge < -0.3 is 5.32 Å². The van der Waals surface area contributed by atoms with E-state index in [0.29, 0.717) is 6.04 Å². The van der Waals surface area contributed by atoms with Crippen LogP contribution < -0.4 is 5.32 Å². The maximum Gasteiger partial charge on any atom is 0.123 e. The van der Waals surface area contributed by atoms with E-state index in [-0.39, 0.29) is 5.82 Å². The highest BCUT2D eigenvalue weighted by molar-refractivity contribution is 5.20. The average Bonchev–Trinajstić information content (AvgIpc) is 2.99. The summed E-state index contributed by atoms with van der Waals surface area (Å²) in [5.74, 6) is 2.71. The molecule has 98 valence electrons. The SMILES string of the molecule is CNC(CC1CC2CCC1C2)c1ccc(F)cc1. The zero-order chi connectivity index (χ0) is 12.5. The minimum absolute atomic E-state index is 0.145. The molecule has 2 aliphatic rings. The van der Waals surface area contributed by atoms with Crippen LogP contribution in [0.3, 0.4) is 0 Å². The first-order chi connectivity index (χ1) is 8.76. The van der Waals surface area contributed by atoms with Crippen molar-refractivity contribution in [1.82, 2.24) is 5.32 Å². The van der Waals surface area contributed by atoms with Crippen LogP contribution in [0.5, 0.6) is 0 Å². The van der Waals surface area contributed by atoms with Crippen LogP contribution in [0.2, 0.25) is 0 Å². The van der Waals surface area contributed by atoms with Crippen LogP contribution in [0.1, 0.15) is 43.7 Å². The Bertz CT molecular complexity index is 400. The Hall–Kier alpha value is -0.890. The molecule has 2 fully saturated rings. The molecule has 1 N–H and O–H groups in total. The van der Waals surface area contributed by atoms with E-state index in [1.54, 1.807) is 12.1 Å². The Labute approximate surface area is 109 Å². The van der Waals surface area contributed by atoms with E-state index in [1.165, 1.54) is 37.7 Å². The second-order valence-electron chi connectivity index (χ2n) is 6.06. The standard InChI is InChI=1S/C16H22FN/c1-18-16(12-4-6-15(17)7-5-12)10-14-9-11-2-3-13(14)8-11/h4-7,11,13-14,16,18H,2-3,8-10H2,1H3. The van der Waals surface area contributed by atoms with E-state index in [9.17, 15) is 4.39 Å². The van der Waals surface area contributed by atoms with Gasteiger partial charge in [0.1, 0.15) is 5.82 Å². The van der Waals surface area contributed by atoms with Crippen molar-refractivity contribution in [3.05, 3.63) is 35.6 Å². The van der Waals surface area contributed by atoms with Gasteiger partial charge in [0.15, 0.2) is 0 Å². The number of halogens is 1. The molecule has 0 heterocycles. The van der Waals surface area contributed by atoms with Gasteiger partial charge >= 0.3 is 0 Å². The van der Waals surface area contributed by atoms with Gasteiger partial charge in [-0.1, -0.05) is 18.6 Å². The normalized spacial score (nSPS) is 31.8. The third-order valence-corrected chi connectivity index (χ3v) is 5.04. The lowest BCUT2D eigenvalue weighted by molar-refractivity contribution is 0.284. The minimum Gasteiger partial charge on any atom is -0.313 e. The summed E-state index contributed by atoms with van der Waals surface area (Å²) in [6, 6.07) is 7.36. The van der Waals surface area contributed by atoms with E-state index in [0.717, 1.165) is 17.8 Å². The number of nitrogens with one attached hydrogen (secondary N) is 1. The summed E-state index contributed by atoms with van der Waals surface area (Å²) < 4.78 is 13.0. The predicted molar refractivity (Wildman–Crippen MR) is 71.8 cm³/mol. The van der Waals surface area contributed by atoms with E-state index in [2.05, 4.69) is 5.32 Å². The Balaban J connectivity index is 1.67. The van der Waals surface area contributed by atoms with Gasteiger partial charge in [0.25, 0.3) is 0 Å². The first-order valence-corrected chi connectivity index (χ1v) is 7.19. The van der Waals surface area contributed by atoms with Crippen LogP contribution in [0.4, 0.5) is 4.39 Å². The third-order valence-electron chi connectivity index (χ3n) is 5.04. The van der Waals surface area contributed by atoms with Crippen LogP contribution in [-0.4, -0.2) is 7.05 Å². The number of rotatable bonds is 4. The molecular weight excluding hydrogens is 225 g/mol. The highest BCUT2D eigenvalue weighted by atomic mass is 19.1. The van der Waals surface area contributed by atoms with Crippen molar-refractivity contribution in [2.45, 2.75) is 38.1 Å². The molecule has 0 aromatic heterocycles. The van der Waals surface area contributed by atoms with Crippen molar-refractivity contribution < 1.29 is 4.39 Å². The fourth-order valence-corrected chi connectivity index (χ4v) is 4.08. The molecule has 2 saturated carbocycles. The molecule has 0 amide bonds. The first kappa shape index (κ1) is 12.2. The summed E-state index contributed by atoms with van der Waals surface area (Å²) in [5, 5.41) is 3.40. The molecule has 0 saturated heterocycles. The highest BCUT2D eigenvalue weighted by Gasteiger charge is 2.40. The third kappa shape index (κ3) is 2.31. The highest BCUT2D eigenvalue weighted by Crippen LogP contribution is 2.50. The fourth-order valence-electron chi connectivity index (χ4n) is 4.08. The van der Waals surface area contributed by atoms with Crippen molar-refractivity contribution in [2.24, 2.45) is 17.8 Å². The van der Waals surface area contributed by atoms with Gasteiger partial charge in [0.05, 0.1) is 0 Å². The molecule has 0 radical (unpaired) electrons. The van der Waals surface area contributed by atoms with Gasteiger partial charge in [-0.25, -0.2) is 4.39 Å². The molecule has 0 spiro atoms. The number of fused-ring (bicyclic) bond motifs is 2. The van der Waals surface area contributed by atoms with Gasteiger partial charge in [-0.05, 0) is 68.2 Å². The molecule has 4 atom stereocenters. The monoisotopic (exact) mass is 247 g/mol. The number of hydrogen-bond donors (Lipinski definition) is 1. The van der Waals surface area contributed by atoms with Crippen LogP contribution in [0.25, 0.3) is 0 Å². The van der Waals surface area contributed by atoms with Crippen molar-refractivity contribution >= 4 is 0 Å². The first-order valence-electron chi connectivity index (χ1n) is 7.19. The molecule has 3 rings (SSSR count). The lowest BCUT2D eigenvalue weighted by Gasteiger charge is -2.26. The summed E-state index contributed by atoms with van der Waals surface area (Å²) >= 11 is 0. The van der Waals surface area contributed by atoms with Gasteiger partial charge in [-0.3, -0.25) is 0 Å². The van der Waals surface area contributed by atoms with Gasteiger partial charge in [-0.15, -0.1) is 0 Å². The van der Waals surface area contributed by atoms with Crippen molar-refractivity contribution in [3.63, 3.8) is 0 Å². The van der Waals surface area contributed by atoms with Crippen molar-refractivity contribution in [3.8, 4) is 0 Å². The lowest BCUT2D eigenvalue weighted by atomic mass is 9.83. The predicted octanol–water partition coefficient (Wildman–Crippen LogP) is 3.91. The maximum absolute atomic E-state index is 13.0. The summed E-state index contributed by atoms with van der Waals surface area (Å²) in [6.07, 6.45) is 7.00. The Kier molecular flexibility index (Phi) is 3.38. The molecule has 2 aliphatic carbocycles. The van der Waals surface area contributed by atoms with E-state index >= 15 is 0 Å². The molecule has 0 aliphatic heterocycles. The van der Waals surface area contributed by atoms with Crippen LogP contribution in [-0.2, 0) is 0 Å². The second-order valence-corrected chi connectivity index (χ2v) is 6.06. The Morgan fingerprint density at radius 2 is 2.00 bits per heavy atom. The molecule has 18 heavy (non-hydrogen) atoms. The fraction of sp³-hybridized carbons (Fsp3) is 0.625. The number of hydrogen-bond acceptors (Lipinski definition) is 1. The maximum atomic E-state index is 13.0. The lowest BCUT2D eigenvalue weighted by Crippen LogP contribution is -2.22. The Morgan fingerprint density at radius 1 is 1.22 bits per heavy atom. The molecule has 2 bridgehead atoms. The summed E-state index contributed by atoms with van der Waals surface area (Å²) in [4.78, 5) is 0. The molecule has 1 nitrogen and oxygen atoms in total. The zero-order valence-electron chi connectivity index (χ0n) is 11.0. The average molecular weight is 247 g/mol. The van der Waals surface area contributed by atoms with E-state index in [1.807, 2.05) is 19.2 Å². The Morgan fingerprint density at radius 3 is 2.56 bits per heavy atom. The molecule has 1 aromatic rings.